The lowest BCUT2D eigenvalue weighted by molar-refractivity contribution is 0.685. The van der Waals surface area contributed by atoms with E-state index in [0.29, 0.717) is 0 Å². The van der Waals surface area contributed by atoms with Crippen LogP contribution < -0.4 is 10.6 Å². The van der Waals surface area contributed by atoms with E-state index in [1.165, 1.54) is 10.5 Å². The zero-order valence-corrected chi connectivity index (χ0v) is 13.0. The average Bonchev–Trinajstić information content (AvgIpc) is 2.87. The monoisotopic (exact) mass is 294 g/mol. The molecular weight excluding hydrogens is 276 g/mol. The molecule has 2 aromatic rings. The van der Waals surface area contributed by atoms with Gasteiger partial charge in [-0.05, 0) is 18.1 Å². The van der Waals surface area contributed by atoms with Gasteiger partial charge in [0.05, 0.1) is 0 Å². The summed E-state index contributed by atoms with van der Waals surface area (Å²) >= 11 is 3.22. The molecule has 0 bridgehead atoms. The highest BCUT2D eigenvalue weighted by atomic mass is 32.2. The quantitative estimate of drug-likeness (QED) is 0.918. The molecule has 1 heterocycles. The van der Waals surface area contributed by atoms with Gasteiger partial charge in [0.2, 0.25) is 5.13 Å². The minimum atomic E-state index is 0.0740. The van der Waals surface area contributed by atoms with Gasteiger partial charge in [0.15, 0.2) is 4.34 Å². The van der Waals surface area contributed by atoms with Crippen LogP contribution in [0.3, 0.4) is 0 Å². The fraction of sp³-hybridized carbons (Fsp3) is 0.385. The Bertz CT molecular complexity index is 539. The van der Waals surface area contributed by atoms with Crippen LogP contribution in [0.2, 0.25) is 0 Å². The molecular formula is C13H18N4S2. The fourth-order valence-electron chi connectivity index (χ4n) is 1.62. The molecule has 0 radical (unpaired) electrons. The third-order valence-corrected chi connectivity index (χ3v) is 4.97. The molecule has 2 N–H and O–H groups in total. The second kappa shape index (κ2) is 6.36. The maximum atomic E-state index is 6.15. The number of aromatic nitrogens is 2. The SMILES string of the molecule is CC[C@H](N)c1ccccc1Sc1nnc(N(C)C)s1. The van der Waals surface area contributed by atoms with Crippen molar-refractivity contribution in [1.82, 2.24) is 10.2 Å². The first kappa shape index (κ1) is 14.3. The molecule has 19 heavy (non-hydrogen) atoms. The Morgan fingerprint density at radius 1 is 1.32 bits per heavy atom. The van der Waals surface area contributed by atoms with Gasteiger partial charge in [-0.2, -0.15) is 0 Å². The molecule has 102 valence electrons. The highest BCUT2D eigenvalue weighted by molar-refractivity contribution is 8.01. The predicted molar refractivity (Wildman–Crippen MR) is 82.0 cm³/mol. The van der Waals surface area contributed by atoms with Gasteiger partial charge in [-0.3, -0.25) is 0 Å². The molecule has 0 saturated carbocycles. The van der Waals surface area contributed by atoms with Gasteiger partial charge in [-0.25, -0.2) is 0 Å². The van der Waals surface area contributed by atoms with Crippen LogP contribution >= 0.6 is 23.1 Å². The van der Waals surface area contributed by atoms with E-state index < -0.39 is 0 Å². The van der Waals surface area contributed by atoms with Crippen molar-refractivity contribution in [3.8, 4) is 0 Å². The van der Waals surface area contributed by atoms with Gasteiger partial charge < -0.3 is 10.6 Å². The molecule has 0 aliphatic rings. The molecule has 1 atom stereocenters. The summed E-state index contributed by atoms with van der Waals surface area (Å²) in [7, 11) is 3.94. The van der Waals surface area contributed by atoms with Crippen LogP contribution in [0, 0.1) is 0 Å². The Morgan fingerprint density at radius 3 is 2.68 bits per heavy atom. The minimum absolute atomic E-state index is 0.0740. The van der Waals surface area contributed by atoms with Gasteiger partial charge in [0.25, 0.3) is 0 Å². The summed E-state index contributed by atoms with van der Waals surface area (Å²) in [5.74, 6) is 0. The molecule has 0 spiro atoms. The second-order valence-corrected chi connectivity index (χ2v) is 6.64. The van der Waals surface area contributed by atoms with Crippen LogP contribution in [0.1, 0.15) is 24.9 Å². The highest BCUT2D eigenvalue weighted by Crippen LogP contribution is 2.36. The van der Waals surface area contributed by atoms with Crippen molar-refractivity contribution in [2.75, 3.05) is 19.0 Å². The zero-order chi connectivity index (χ0) is 13.8. The number of nitrogens with zero attached hydrogens (tertiary/aromatic N) is 3. The molecule has 0 aliphatic carbocycles. The molecule has 4 nitrogen and oxygen atoms in total. The van der Waals surface area contributed by atoms with Crippen molar-refractivity contribution in [3.63, 3.8) is 0 Å². The van der Waals surface area contributed by atoms with E-state index in [-0.39, 0.29) is 6.04 Å². The molecule has 0 unspecified atom stereocenters. The highest BCUT2D eigenvalue weighted by Gasteiger charge is 2.13. The van der Waals surface area contributed by atoms with Crippen LogP contribution in [0.15, 0.2) is 33.5 Å². The topological polar surface area (TPSA) is 55.0 Å². The summed E-state index contributed by atoms with van der Waals surface area (Å²) in [6.07, 6.45) is 0.927. The molecule has 0 fully saturated rings. The maximum Gasteiger partial charge on any atom is 0.208 e. The zero-order valence-electron chi connectivity index (χ0n) is 11.3. The first-order valence-electron chi connectivity index (χ1n) is 6.15. The standard InChI is InChI=1S/C13H18N4S2/c1-4-10(14)9-7-5-6-8-11(9)18-13-16-15-12(19-13)17(2)3/h5-8,10H,4,14H2,1-3H3/t10-/m0/s1. The number of anilines is 1. The average molecular weight is 294 g/mol. The predicted octanol–water partition coefficient (Wildman–Crippen LogP) is 3.17. The summed E-state index contributed by atoms with van der Waals surface area (Å²) in [5, 5.41) is 9.27. The van der Waals surface area contributed by atoms with E-state index in [0.717, 1.165) is 15.9 Å². The van der Waals surface area contributed by atoms with E-state index >= 15 is 0 Å². The Labute approximate surface area is 122 Å². The summed E-state index contributed by atoms with van der Waals surface area (Å²) in [6.45, 7) is 2.10. The van der Waals surface area contributed by atoms with Gasteiger partial charge in [-0.15, -0.1) is 10.2 Å². The third kappa shape index (κ3) is 3.46. The maximum absolute atomic E-state index is 6.15. The normalized spacial score (nSPS) is 12.4. The molecule has 0 aliphatic heterocycles. The Morgan fingerprint density at radius 2 is 2.05 bits per heavy atom. The van der Waals surface area contributed by atoms with Crippen LogP contribution in [0.4, 0.5) is 5.13 Å². The number of rotatable bonds is 5. The van der Waals surface area contributed by atoms with Crippen molar-refractivity contribution in [3.05, 3.63) is 29.8 Å². The number of hydrogen-bond acceptors (Lipinski definition) is 6. The van der Waals surface area contributed by atoms with Gasteiger partial charge in [-0.1, -0.05) is 48.2 Å². The Hall–Kier alpha value is -1.11. The third-order valence-electron chi connectivity index (χ3n) is 2.73. The number of benzene rings is 1. The lowest BCUT2D eigenvalue weighted by atomic mass is 10.1. The van der Waals surface area contributed by atoms with Crippen LogP contribution in [-0.4, -0.2) is 24.3 Å². The van der Waals surface area contributed by atoms with Gasteiger partial charge >= 0.3 is 0 Å². The fourth-order valence-corrected chi connectivity index (χ4v) is 3.53. The van der Waals surface area contributed by atoms with Crippen LogP contribution in [0.5, 0.6) is 0 Å². The van der Waals surface area contributed by atoms with Crippen LogP contribution in [-0.2, 0) is 0 Å². The second-order valence-electron chi connectivity index (χ2n) is 4.40. The number of hydrogen-bond donors (Lipinski definition) is 1. The van der Waals surface area contributed by atoms with Crippen molar-refractivity contribution in [2.24, 2.45) is 5.73 Å². The molecule has 0 amide bonds. The summed E-state index contributed by atoms with van der Waals surface area (Å²) in [4.78, 5) is 3.13. The van der Waals surface area contributed by atoms with E-state index in [9.17, 15) is 0 Å². The molecule has 2 rings (SSSR count). The largest absolute Gasteiger partial charge is 0.353 e. The first-order valence-corrected chi connectivity index (χ1v) is 7.78. The van der Waals surface area contributed by atoms with Crippen molar-refractivity contribution >= 4 is 28.2 Å². The van der Waals surface area contributed by atoms with E-state index in [1.807, 2.05) is 31.1 Å². The van der Waals surface area contributed by atoms with Gasteiger partial charge in [0, 0.05) is 25.0 Å². The van der Waals surface area contributed by atoms with Crippen molar-refractivity contribution < 1.29 is 0 Å². The summed E-state index contributed by atoms with van der Waals surface area (Å²) < 4.78 is 0.944. The Kier molecular flexibility index (Phi) is 4.79. The summed E-state index contributed by atoms with van der Waals surface area (Å²) in [5.41, 5.74) is 7.33. The van der Waals surface area contributed by atoms with Crippen LogP contribution in [0.25, 0.3) is 0 Å². The summed E-state index contributed by atoms with van der Waals surface area (Å²) in [6, 6.07) is 8.31. The van der Waals surface area contributed by atoms with E-state index in [2.05, 4.69) is 29.3 Å². The molecule has 1 aromatic heterocycles. The first-order chi connectivity index (χ1) is 9.11. The minimum Gasteiger partial charge on any atom is -0.353 e. The number of nitrogens with two attached hydrogens (primary N) is 1. The molecule has 1 aromatic carbocycles. The lowest BCUT2D eigenvalue weighted by Gasteiger charge is -2.13. The Balaban J connectivity index is 2.22. The lowest BCUT2D eigenvalue weighted by Crippen LogP contribution is -2.09. The van der Waals surface area contributed by atoms with Crippen molar-refractivity contribution in [1.29, 1.82) is 0 Å². The van der Waals surface area contributed by atoms with E-state index in [4.69, 9.17) is 5.73 Å². The van der Waals surface area contributed by atoms with Gasteiger partial charge in [0.1, 0.15) is 0 Å². The smallest absolute Gasteiger partial charge is 0.208 e. The van der Waals surface area contributed by atoms with Crippen molar-refractivity contribution in [2.45, 2.75) is 28.6 Å². The molecule has 0 saturated heterocycles. The van der Waals surface area contributed by atoms with E-state index in [1.54, 1.807) is 23.1 Å². The molecule has 6 heteroatoms.